The van der Waals surface area contributed by atoms with Gasteiger partial charge in [0, 0.05) is 19.0 Å². The van der Waals surface area contributed by atoms with E-state index in [2.05, 4.69) is 41.6 Å². The quantitative estimate of drug-likeness (QED) is 0.897. The van der Waals surface area contributed by atoms with E-state index in [0.717, 1.165) is 45.2 Å². The van der Waals surface area contributed by atoms with E-state index in [9.17, 15) is 0 Å². The predicted octanol–water partition coefficient (Wildman–Crippen LogP) is 1.77. The average molecular weight is 289 g/mol. The number of rotatable bonds is 5. The third-order valence-electron chi connectivity index (χ3n) is 4.09. The maximum Gasteiger partial charge on any atom is 0.225 e. The zero-order valence-corrected chi connectivity index (χ0v) is 12.5. The van der Waals surface area contributed by atoms with Crippen molar-refractivity contribution in [2.24, 2.45) is 4.99 Å². The molecule has 2 atom stereocenters. The van der Waals surface area contributed by atoms with Gasteiger partial charge in [0.2, 0.25) is 5.90 Å². The van der Waals surface area contributed by atoms with Crippen LogP contribution < -0.4 is 5.48 Å². The summed E-state index contributed by atoms with van der Waals surface area (Å²) in [6.45, 7) is 6.44. The molecule has 0 amide bonds. The molecule has 1 saturated heterocycles. The van der Waals surface area contributed by atoms with Gasteiger partial charge in [-0.1, -0.05) is 37.3 Å². The fraction of sp³-hybridized carbons (Fsp3) is 0.562. The van der Waals surface area contributed by atoms with Gasteiger partial charge in [-0.05, 0) is 12.0 Å². The minimum atomic E-state index is 0.00782. The van der Waals surface area contributed by atoms with Crippen LogP contribution in [0.3, 0.4) is 0 Å². The second kappa shape index (κ2) is 7.02. The summed E-state index contributed by atoms with van der Waals surface area (Å²) in [6, 6.07) is 10.5. The third kappa shape index (κ3) is 3.61. The molecule has 114 valence electrons. The van der Waals surface area contributed by atoms with Crippen molar-refractivity contribution in [3.05, 3.63) is 35.9 Å². The van der Waals surface area contributed by atoms with Gasteiger partial charge in [-0.15, -0.1) is 5.48 Å². The Bertz CT molecular complexity index is 472. The van der Waals surface area contributed by atoms with Crippen LogP contribution in [0.5, 0.6) is 0 Å². The van der Waals surface area contributed by atoms with Crippen molar-refractivity contribution in [3.63, 3.8) is 0 Å². The Labute approximate surface area is 125 Å². The Morgan fingerprint density at radius 1 is 1.29 bits per heavy atom. The Hall–Kier alpha value is -1.43. The van der Waals surface area contributed by atoms with E-state index in [1.165, 1.54) is 5.56 Å². The normalized spacial score (nSPS) is 24.4. The van der Waals surface area contributed by atoms with E-state index >= 15 is 0 Å². The highest BCUT2D eigenvalue weighted by molar-refractivity contribution is 5.79. The standard InChI is InChI=1S/C16H23N3O2/c1-2-14(13-6-4-3-5-7-13)16-17-15(21-18-16)12-19-8-10-20-11-9-19/h3-7,14,16,18H,2,8-12H2,1H3/t14-,16+/m0/s1. The van der Waals surface area contributed by atoms with Gasteiger partial charge in [-0.25, -0.2) is 4.99 Å². The van der Waals surface area contributed by atoms with Gasteiger partial charge in [0.05, 0.1) is 19.8 Å². The van der Waals surface area contributed by atoms with E-state index < -0.39 is 0 Å². The molecule has 0 aromatic heterocycles. The summed E-state index contributed by atoms with van der Waals surface area (Å²) >= 11 is 0. The molecular formula is C16H23N3O2. The maximum absolute atomic E-state index is 5.59. The summed E-state index contributed by atoms with van der Waals surface area (Å²) in [6.07, 6.45) is 1.03. The Morgan fingerprint density at radius 3 is 2.76 bits per heavy atom. The fourth-order valence-corrected chi connectivity index (χ4v) is 2.87. The number of ether oxygens (including phenoxy) is 1. The molecule has 5 heteroatoms. The van der Waals surface area contributed by atoms with Crippen LogP contribution in [0.25, 0.3) is 0 Å². The van der Waals surface area contributed by atoms with Crippen molar-refractivity contribution in [1.82, 2.24) is 10.4 Å². The molecule has 1 N–H and O–H groups in total. The molecule has 21 heavy (non-hydrogen) atoms. The number of hydrogen-bond donors (Lipinski definition) is 1. The summed E-state index contributed by atoms with van der Waals surface area (Å²) in [5, 5.41) is 0. The average Bonchev–Trinajstić information content (AvgIpc) is 2.98. The summed E-state index contributed by atoms with van der Waals surface area (Å²) in [5.41, 5.74) is 4.39. The van der Waals surface area contributed by atoms with Crippen LogP contribution in [-0.2, 0) is 9.57 Å². The molecule has 5 nitrogen and oxygen atoms in total. The molecular weight excluding hydrogens is 266 g/mol. The summed E-state index contributed by atoms with van der Waals surface area (Å²) in [4.78, 5) is 12.6. The molecule has 2 heterocycles. The van der Waals surface area contributed by atoms with E-state index in [-0.39, 0.29) is 6.17 Å². The number of hydroxylamine groups is 1. The molecule has 1 fully saturated rings. The van der Waals surface area contributed by atoms with Crippen molar-refractivity contribution < 1.29 is 9.57 Å². The number of nitrogens with one attached hydrogen (secondary N) is 1. The zero-order chi connectivity index (χ0) is 14.5. The maximum atomic E-state index is 5.59. The third-order valence-corrected chi connectivity index (χ3v) is 4.09. The topological polar surface area (TPSA) is 46.1 Å². The van der Waals surface area contributed by atoms with Crippen LogP contribution in [0.1, 0.15) is 24.8 Å². The zero-order valence-electron chi connectivity index (χ0n) is 12.5. The molecule has 3 rings (SSSR count). The Balaban J connectivity index is 1.63. The lowest BCUT2D eigenvalue weighted by molar-refractivity contribution is 0.0415. The predicted molar refractivity (Wildman–Crippen MR) is 82.2 cm³/mol. The molecule has 1 aromatic rings. The number of aliphatic imine (C=N–C) groups is 1. The lowest BCUT2D eigenvalue weighted by Crippen LogP contribution is -2.40. The molecule has 0 unspecified atom stereocenters. The number of nitrogens with zero attached hydrogens (tertiary/aromatic N) is 2. The van der Waals surface area contributed by atoms with Crippen molar-refractivity contribution in [2.75, 3.05) is 32.8 Å². The number of morpholine rings is 1. The summed E-state index contributed by atoms with van der Waals surface area (Å²) in [5.74, 6) is 1.13. The SMILES string of the molecule is CC[C@@H](c1ccccc1)[C@@H]1N=C(CN2CCOCC2)ON1. The molecule has 2 aliphatic rings. The highest BCUT2D eigenvalue weighted by atomic mass is 16.7. The first-order valence-electron chi connectivity index (χ1n) is 7.71. The van der Waals surface area contributed by atoms with E-state index in [4.69, 9.17) is 14.6 Å². The van der Waals surface area contributed by atoms with Gasteiger partial charge in [0.25, 0.3) is 0 Å². The highest BCUT2D eigenvalue weighted by Gasteiger charge is 2.28. The first kappa shape index (κ1) is 14.5. The van der Waals surface area contributed by atoms with E-state index in [0.29, 0.717) is 5.92 Å². The van der Waals surface area contributed by atoms with Gasteiger partial charge in [-0.2, -0.15) is 0 Å². The van der Waals surface area contributed by atoms with Crippen LogP contribution in [0.4, 0.5) is 0 Å². The molecule has 0 spiro atoms. The number of benzene rings is 1. The summed E-state index contributed by atoms with van der Waals surface area (Å²) in [7, 11) is 0. The summed E-state index contributed by atoms with van der Waals surface area (Å²) < 4.78 is 5.36. The van der Waals surface area contributed by atoms with Crippen molar-refractivity contribution in [2.45, 2.75) is 25.4 Å². The van der Waals surface area contributed by atoms with Crippen LogP contribution in [-0.4, -0.2) is 49.8 Å². The Kier molecular flexibility index (Phi) is 4.85. The molecule has 0 bridgehead atoms. The van der Waals surface area contributed by atoms with Gasteiger partial charge in [0.15, 0.2) is 0 Å². The smallest absolute Gasteiger partial charge is 0.225 e. The van der Waals surface area contributed by atoms with Crippen LogP contribution in [0, 0.1) is 0 Å². The largest absolute Gasteiger partial charge is 0.390 e. The van der Waals surface area contributed by atoms with Gasteiger partial charge < -0.3 is 9.57 Å². The minimum absolute atomic E-state index is 0.00782. The molecule has 0 radical (unpaired) electrons. The van der Waals surface area contributed by atoms with Crippen LogP contribution in [0.15, 0.2) is 35.3 Å². The first-order chi connectivity index (χ1) is 10.4. The second-order valence-corrected chi connectivity index (χ2v) is 5.50. The van der Waals surface area contributed by atoms with Gasteiger partial charge in [-0.3, -0.25) is 4.90 Å². The van der Waals surface area contributed by atoms with E-state index in [1.54, 1.807) is 0 Å². The molecule has 0 aliphatic carbocycles. The van der Waals surface area contributed by atoms with Crippen molar-refractivity contribution in [3.8, 4) is 0 Å². The van der Waals surface area contributed by atoms with Crippen molar-refractivity contribution >= 4 is 5.90 Å². The van der Waals surface area contributed by atoms with Crippen LogP contribution >= 0.6 is 0 Å². The molecule has 2 aliphatic heterocycles. The van der Waals surface area contributed by atoms with Gasteiger partial charge in [0.1, 0.15) is 6.17 Å². The lowest BCUT2D eigenvalue weighted by atomic mass is 9.94. The van der Waals surface area contributed by atoms with Crippen LogP contribution in [0.2, 0.25) is 0 Å². The Morgan fingerprint density at radius 2 is 2.05 bits per heavy atom. The van der Waals surface area contributed by atoms with Gasteiger partial charge >= 0.3 is 0 Å². The minimum Gasteiger partial charge on any atom is -0.390 e. The highest BCUT2D eigenvalue weighted by Crippen LogP contribution is 2.26. The van der Waals surface area contributed by atoms with Crippen molar-refractivity contribution in [1.29, 1.82) is 0 Å². The van der Waals surface area contributed by atoms with E-state index in [1.807, 2.05) is 6.07 Å². The number of hydrogen-bond acceptors (Lipinski definition) is 5. The fourth-order valence-electron chi connectivity index (χ4n) is 2.87. The molecule has 0 saturated carbocycles. The monoisotopic (exact) mass is 289 g/mol. The lowest BCUT2D eigenvalue weighted by Gasteiger charge is -2.25. The second-order valence-electron chi connectivity index (χ2n) is 5.50. The first-order valence-corrected chi connectivity index (χ1v) is 7.71. The molecule has 1 aromatic carbocycles.